The summed E-state index contributed by atoms with van der Waals surface area (Å²) in [5, 5.41) is 0. The Morgan fingerprint density at radius 3 is 2.72 bits per heavy atom. The summed E-state index contributed by atoms with van der Waals surface area (Å²) in [5.74, 6) is 0. The highest BCUT2D eigenvalue weighted by Gasteiger charge is 2.44. The molecule has 2 aliphatic rings. The molecule has 2 fully saturated rings. The van der Waals surface area contributed by atoms with Crippen LogP contribution < -0.4 is 0 Å². The smallest absolute Gasteiger partial charge is 0.235 e. The molecule has 1 aromatic carbocycles. The van der Waals surface area contributed by atoms with Gasteiger partial charge >= 0.3 is 0 Å². The number of isocyanates is 1. The van der Waals surface area contributed by atoms with Crippen molar-refractivity contribution in [1.82, 2.24) is 4.90 Å². The van der Waals surface area contributed by atoms with Crippen molar-refractivity contribution < 1.29 is 4.79 Å². The van der Waals surface area contributed by atoms with Crippen molar-refractivity contribution >= 4 is 6.08 Å². The molecule has 1 saturated heterocycles. The first-order valence-corrected chi connectivity index (χ1v) is 6.73. The van der Waals surface area contributed by atoms with Gasteiger partial charge in [-0.15, -0.1) is 0 Å². The Morgan fingerprint density at radius 1 is 1.28 bits per heavy atom. The van der Waals surface area contributed by atoms with Crippen LogP contribution in [-0.2, 0) is 16.9 Å². The number of hydrogen-bond donors (Lipinski definition) is 0. The Labute approximate surface area is 108 Å². The summed E-state index contributed by atoms with van der Waals surface area (Å²) in [6.07, 6.45) is 6.33. The van der Waals surface area contributed by atoms with Crippen LogP contribution >= 0.6 is 0 Å². The maximum Gasteiger partial charge on any atom is 0.235 e. The van der Waals surface area contributed by atoms with Gasteiger partial charge < -0.3 is 0 Å². The van der Waals surface area contributed by atoms with E-state index in [9.17, 15) is 4.79 Å². The molecule has 94 valence electrons. The van der Waals surface area contributed by atoms with E-state index >= 15 is 0 Å². The van der Waals surface area contributed by atoms with E-state index in [2.05, 4.69) is 34.2 Å². The van der Waals surface area contributed by atoms with Crippen molar-refractivity contribution in [1.29, 1.82) is 0 Å². The van der Waals surface area contributed by atoms with Gasteiger partial charge in [-0.05, 0) is 49.9 Å². The molecule has 0 aromatic heterocycles. The molecule has 1 aliphatic heterocycles. The van der Waals surface area contributed by atoms with E-state index in [0.29, 0.717) is 0 Å². The molecule has 3 rings (SSSR count). The molecule has 18 heavy (non-hydrogen) atoms. The van der Waals surface area contributed by atoms with E-state index in [1.165, 1.54) is 37.1 Å². The van der Waals surface area contributed by atoms with Gasteiger partial charge in [0.2, 0.25) is 6.08 Å². The molecule has 0 bridgehead atoms. The average molecular weight is 242 g/mol. The molecule has 3 heteroatoms. The molecule has 1 heterocycles. The zero-order chi connectivity index (χ0) is 12.4. The van der Waals surface area contributed by atoms with Crippen molar-refractivity contribution in [2.75, 3.05) is 13.1 Å². The lowest BCUT2D eigenvalue weighted by Crippen LogP contribution is -2.18. The van der Waals surface area contributed by atoms with Crippen molar-refractivity contribution in [2.45, 2.75) is 37.8 Å². The first-order valence-electron chi connectivity index (χ1n) is 6.73. The second kappa shape index (κ2) is 4.68. The third kappa shape index (κ3) is 2.24. The Hall–Kier alpha value is -1.44. The summed E-state index contributed by atoms with van der Waals surface area (Å²) in [5.41, 5.74) is 2.28. The van der Waals surface area contributed by atoms with Crippen LogP contribution in [0.5, 0.6) is 0 Å². The minimum absolute atomic E-state index is 0.233. The summed E-state index contributed by atoms with van der Waals surface area (Å²) in [7, 11) is 0. The lowest BCUT2D eigenvalue weighted by Gasteiger charge is -2.16. The van der Waals surface area contributed by atoms with Gasteiger partial charge in [0.1, 0.15) is 0 Å². The normalized spacial score (nSPS) is 21.6. The largest absolute Gasteiger partial charge is 0.299 e. The van der Waals surface area contributed by atoms with Gasteiger partial charge in [-0.2, -0.15) is 4.99 Å². The quantitative estimate of drug-likeness (QED) is 0.600. The van der Waals surface area contributed by atoms with Gasteiger partial charge in [-0.3, -0.25) is 4.90 Å². The van der Waals surface area contributed by atoms with Gasteiger partial charge in [0.15, 0.2) is 0 Å². The molecule has 0 N–H and O–H groups in total. The molecule has 0 spiro atoms. The van der Waals surface area contributed by atoms with Gasteiger partial charge in [0.25, 0.3) is 0 Å². The standard InChI is InChI=1S/C15H18N2O/c18-12-16-15(6-7-15)14-5-3-4-13(10-14)11-17-8-1-2-9-17/h3-5,10H,1-2,6-9,11H2. The van der Waals surface area contributed by atoms with E-state index in [1.807, 2.05) is 0 Å². The maximum absolute atomic E-state index is 10.5. The number of hydrogen-bond acceptors (Lipinski definition) is 3. The number of benzene rings is 1. The fourth-order valence-electron chi connectivity index (χ4n) is 2.83. The molecular weight excluding hydrogens is 224 g/mol. The number of carbonyl (C=O) groups excluding carboxylic acids is 1. The van der Waals surface area contributed by atoms with E-state index in [4.69, 9.17) is 0 Å². The Balaban J connectivity index is 1.78. The van der Waals surface area contributed by atoms with Crippen LogP contribution in [0.25, 0.3) is 0 Å². The number of nitrogens with zero attached hydrogens (tertiary/aromatic N) is 2. The first kappa shape index (κ1) is 11.6. The average Bonchev–Trinajstić information content (AvgIpc) is 2.99. The summed E-state index contributed by atoms with van der Waals surface area (Å²) >= 11 is 0. The predicted molar refractivity (Wildman–Crippen MR) is 70.0 cm³/mol. The van der Waals surface area contributed by atoms with Crippen LogP contribution in [0.15, 0.2) is 29.3 Å². The second-order valence-corrected chi connectivity index (χ2v) is 5.42. The van der Waals surface area contributed by atoms with Crippen LogP contribution in [0.1, 0.15) is 36.8 Å². The molecule has 0 atom stereocenters. The second-order valence-electron chi connectivity index (χ2n) is 5.42. The topological polar surface area (TPSA) is 32.7 Å². The summed E-state index contributed by atoms with van der Waals surface area (Å²) in [4.78, 5) is 17.0. The van der Waals surface area contributed by atoms with Gasteiger partial charge in [-0.1, -0.05) is 24.3 Å². The van der Waals surface area contributed by atoms with E-state index in [0.717, 1.165) is 19.4 Å². The molecule has 3 nitrogen and oxygen atoms in total. The third-order valence-corrected chi connectivity index (χ3v) is 4.05. The monoisotopic (exact) mass is 242 g/mol. The molecule has 0 radical (unpaired) electrons. The van der Waals surface area contributed by atoms with Crippen LogP contribution in [0.4, 0.5) is 0 Å². The van der Waals surface area contributed by atoms with Crippen molar-refractivity contribution in [3.63, 3.8) is 0 Å². The predicted octanol–water partition coefficient (Wildman–Crippen LogP) is 2.61. The van der Waals surface area contributed by atoms with E-state index in [1.54, 1.807) is 6.08 Å². The van der Waals surface area contributed by atoms with Crippen molar-refractivity contribution in [3.8, 4) is 0 Å². The Kier molecular flexibility index (Phi) is 3.02. The highest BCUT2D eigenvalue weighted by molar-refractivity contribution is 5.42. The Bertz CT molecular complexity index is 481. The van der Waals surface area contributed by atoms with Gasteiger partial charge in [0, 0.05) is 6.54 Å². The molecule has 0 amide bonds. The zero-order valence-electron chi connectivity index (χ0n) is 10.6. The van der Waals surface area contributed by atoms with Crippen LogP contribution in [0.3, 0.4) is 0 Å². The summed E-state index contributed by atoms with van der Waals surface area (Å²) in [6.45, 7) is 3.44. The third-order valence-electron chi connectivity index (χ3n) is 4.05. The van der Waals surface area contributed by atoms with Crippen LogP contribution in [-0.4, -0.2) is 24.1 Å². The summed E-state index contributed by atoms with van der Waals surface area (Å²) in [6, 6.07) is 8.55. The fraction of sp³-hybridized carbons (Fsp3) is 0.533. The lowest BCUT2D eigenvalue weighted by atomic mass is 10.0. The number of likely N-dealkylation sites (tertiary alicyclic amines) is 1. The number of aliphatic imine (C=N–C) groups is 1. The zero-order valence-corrected chi connectivity index (χ0v) is 10.6. The molecule has 1 aromatic rings. The first-order chi connectivity index (χ1) is 8.82. The lowest BCUT2D eigenvalue weighted by molar-refractivity contribution is 0.331. The SMILES string of the molecule is O=C=NC1(c2cccc(CN3CCCC3)c2)CC1. The maximum atomic E-state index is 10.5. The Morgan fingerprint density at radius 2 is 2.06 bits per heavy atom. The van der Waals surface area contributed by atoms with Crippen LogP contribution in [0.2, 0.25) is 0 Å². The van der Waals surface area contributed by atoms with Crippen molar-refractivity contribution in [3.05, 3.63) is 35.4 Å². The molecule has 1 saturated carbocycles. The van der Waals surface area contributed by atoms with E-state index in [-0.39, 0.29) is 5.54 Å². The highest BCUT2D eigenvalue weighted by Crippen LogP contribution is 2.49. The highest BCUT2D eigenvalue weighted by atomic mass is 16.1. The molecular formula is C15H18N2O. The molecule has 0 unspecified atom stereocenters. The minimum atomic E-state index is -0.233. The van der Waals surface area contributed by atoms with Crippen LogP contribution in [0, 0.1) is 0 Å². The van der Waals surface area contributed by atoms with Crippen molar-refractivity contribution in [2.24, 2.45) is 4.99 Å². The fourth-order valence-corrected chi connectivity index (χ4v) is 2.83. The number of rotatable bonds is 4. The minimum Gasteiger partial charge on any atom is -0.299 e. The van der Waals surface area contributed by atoms with Gasteiger partial charge in [-0.25, -0.2) is 4.79 Å². The summed E-state index contributed by atoms with van der Waals surface area (Å²) < 4.78 is 0. The van der Waals surface area contributed by atoms with E-state index < -0.39 is 0 Å². The molecule has 1 aliphatic carbocycles. The van der Waals surface area contributed by atoms with Gasteiger partial charge in [0.05, 0.1) is 5.54 Å².